The Kier molecular flexibility index (Phi) is 4.03. The smallest absolute Gasteiger partial charge is 0.0682 e. The molecule has 1 atom stereocenters. The lowest BCUT2D eigenvalue weighted by Gasteiger charge is -2.07. The topological polar surface area (TPSA) is 0 Å². The van der Waals surface area contributed by atoms with Crippen LogP contribution in [0.15, 0.2) is 54.6 Å². The van der Waals surface area contributed by atoms with Crippen LogP contribution in [0, 0.1) is 0 Å². The lowest BCUT2D eigenvalue weighted by molar-refractivity contribution is 1.11. The Morgan fingerprint density at radius 3 is 2.00 bits per heavy atom. The zero-order chi connectivity index (χ0) is 11.4. The third-order valence-corrected chi connectivity index (χ3v) is 3.94. The molecular formula is C14H12BrCl. The molecule has 16 heavy (non-hydrogen) atoms. The first kappa shape index (κ1) is 11.7. The van der Waals surface area contributed by atoms with E-state index in [4.69, 9.17) is 11.6 Å². The van der Waals surface area contributed by atoms with Crippen LogP contribution in [0.4, 0.5) is 0 Å². The van der Waals surface area contributed by atoms with Crippen LogP contribution in [0.2, 0.25) is 0 Å². The minimum atomic E-state index is 0.0461. The van der Waals surface area contributed by atoms with Gasteiger partial charge in [0, 0.05) is 5.33 Å². The molecule has 0 saturated carbocycles. The van der Waals surface area contributed by atoms with Crippen molar-refractivity contribution < 1.29 is 0 Å². The third-order valence-electron chi connectivity index (χ3n) is 2.51. The molecule has 1 unspecified atom stereocenters. The summed E-state index contributed by atoms with van der Waals surface area (Å²) in [6, 6.07) is 18.7. The zero-order valence-corrected chi connectivity index (χ0v) is 11.1. The van der Waals surface area contributed by atoms with Crippen molar-refractivity contribution in [3.05, 3.63) is 60.2 Å². The van der Waals surface area contributed by atoms with Crippen molar-refractivity contribution in [2.75, 3.05) is 5.33 Å². The van der Waals surface area contributed by atoms with Crippen molar-refractivity contribution in [1.29, 1.82) is 0 Å². The molecule has 82 valence electrons. The van der Waals surface area contributed by atoms with E-state index in [1.165, 1.54) is 11.1 Å². The Hall–Kier alpha value is -0.790. The van der Waals surface area contributed by atoms with Gasteiger partial charge in [0.2, 0.25) is 0 Å². The van der Waals surface area contributed by atoms with E-state index in [0.29, 0.717) is 0 Å². The van der Waals surface area contributed by atoms with E-state index in [0.717, 1.165) is 10.9 Å². The summed E-state index contributed by atoms with van der Waals surface area (Å²) >= 11 is 9.53. The van der Waals surface area contributed by atoms with Gasteiger partial charge in [-0.25, -0.2) is 0 Å². The molecule has 2 rings (SSSR count). The van der Waals surface area contributed by atoms with Crippen LogP contribution in [0.5, 0.6) is 0 Å². The van der Waals surface area contributed by atoms with Gasteiger partial charge in [-0.05, 0) is 16.7 Å². The molecular weight excluding hydrogens is 284 g/mol. The Morgan fingerprint density at radius 2 is 1.44 bits per heavy atom. The Bertz CT molecular complexity index is 436. The fourth-order valence-electron chi connectivity index (χ4n) is 1.60. The normalized spacial score (nSPS) is 12.4. The molecule has 0 N–H and O–H groups in total. The SMILES string of the molecule is ClC(CBr)c1ccc(-c2ccccc2)cc1. The molecule has 0 fully saturated rings. The highest BCUT2D eigenvalue weighted by Crippen LogP contribution is 2.25. The molecule has 2 aromatic carbocycles. The van der Waals surface area contributed by atoms with Crippen LogP contribution in [0.3, 0.4) is 0 Å². The maximum atomic E-state index is 6.14. The summed E-state index contributed by atoms with van der Waals surface area (Å²) < 4.78 is 0. The maximum Gasteiger partial charge on any atom is 0.0682 e. The van der Waals surface area contributed by atoms with Gasteiger partial charge in [-0.3, -0.25) is 0 Å². The second kappa shape index (κ2) is 5.51. The largest absolute Gasteiger partial charge is 0.117 e. The Morgan fingerprint density at radius 1 is 0.875 bits per heavy atom. The third kappa shape index (κ3) is 2.66. The molecule has 0 aliphatic heterocycles. The predicted molar refractivity (Wildman–Crippen MR) is 74.3 cm³/mol. The molecule has 0 aromatic heterocycles. The van der Waals surface area contributed by atoms with E-state index in [9.17, 15) is 0 Å². The van der Waals surface area contributed by atoms with Gasteiger partial charge < -0.3 is 0 Å². The second-order valence-electron chi connectivity index (χ2n) is 3.61. The minimum Gasteiger partial charge on any atom is -0.117 e. The molecule has 0 bridgehead atoms. The zero-order valence-electron chi connectivity index (χ0n) is 8.74. The van der Waals surface area contributed by atoms with Crippen LogP contribution >= 0.6 is 27.5 Å². The lowest BCUT2D eigenvalue weighted by Crippen LogP contribution is -1.90. The summed E-state index contributed by atoms with van der Waals surface area (Å²) in [5.41, 5.74) is 3.61. The van der Waals surface area contributed by atoms with Crippen molar-refractivity contribution >= 4 is 27.5 Å². The Labute approximate surface area is 109 Å². The monoisotopic (exact) mass is 294 g/mol. The summed E-state index contributed by atoms with van der Waals surface area (Å²) in [6.07, 6.45) is 0. The molecule has 2 aromatic rings. The quantitative estimate of drug-likeness (QED) is 0.697. The average molecular weight is 296 g/mol. The summed E-state index contributed by atoms with van der Waals surface area (Å²) in [7, 11) is 0. The highest BCUT2D eigenvalue weighted by molar-refractivity contribution is 9.09. The van der Waals surface area contributed by atoms with E-state index >= 15 is 0 Å². The number of alkyl halides is 2. The molecule has 0 saturated heterocycles. The molecule has 0 heterocycles. The van der Waals surface area contributed by atoms with Crippen LogP contribution in [-0.2, 0) is 0 Å². The molecule has 2 heteroatoms. The number of rotatable bonds is 3. The molecule has 0 spiro atoms. The number of hydrogen-bond acceptors (Lipinski definition) is 0. The summed E-state index contributed by atoms with van der Waals surface area (Å²) in [4.78, 5) is 0. The standard InChI is InChI=1S/C14H12BrCl/c15-10-14(16)13-8-6-12(7-9-13)11-4-2-1-3-5-11/h1-9,14H,10H2. The van der Waals surface area contributed by atoms with Crippen LogP contribution in [-0.4, -0.2) is 5.33 Å². The van der Waals surface area contributed by atoms with Gasteiger partial charge in [0.15, 0.2) is 0 Å². The van der Waals surface area contributed by atoms with Crippen molar-refractivity contribution in [2.24, 2.45) is 0 Å². The van der Waals surface area contributed by atoms with Crippen molar-refractivity contribution in [2.45, 2.75) is 5.38 Å². The average Bonchev–Trinajstić information content (AvgIpc) is 2.39. The van der Waals surface area contributed by atoms with E-state index in [-0.39, 0.29) is 5.38 Å². The lowest BCUT2D eigenvalue weighted by atomic mass is 10.0. The first-order valence-electron chi connectivity index (χ1n) is 5.16. The summed E-state index contributed by atoms with van der Waals surface area (Å²) in [5, 5.41) is 0.823. The van der Waals surface area contributed by atoms with E-state index in [1.807, 2.05) is 18.2 Å². The van der Waals surface area contributed by atoms with Crippen LogP contribution in [0.1, 0.15) is 10.9 Å². The van der Waals surface area contributed by atoms with Crippen molar-refractivity contribution in [1.82, 2.24) is 0 Å². The van der Waals surface area contributed by atoms with Crippen LogP contribution in [0.25, 0.3) is 11.1 Å². The second-order valence-corrected chi connectivity index (χ2v) is 4.78. The van der Waals surface area contributed by atoms with E-state index in [1.54, 1.807) is 0 Å². The predicted octanol–water partition coefficient (Wildman–Crippen LogP) is 5.03. The first-order valence-corrected chi connectivity index (χ1v) is 6.72. The Balaban J connectivity index is 2.26. The van der Waals surface area contributed by atoms with Gasteiger partial charge in [-0.2, -0.15) is 0 Å². The van der Waals surface area contributed by atoms with Gasteiger partial charge in [0.05, 0.1) is 5.38 Å². The highest BCUT2D eigenvalue weighted by atomic mass is 79.9. The van der Waals surface area contributed by atoms with Gasteiger partial charge in [0.1, 0.15) is 0 Å². The van der Waals surface area contributed by atoms with E-state index in [2.05, 4.69) is 52.3 Å². The van der Waals surface area contributed by atoms with Gasteiger partial charge in [0.25, 0.3) is 0 Å². The summed E-state index contributed by atoms with van der Waals surface area (Å²) in [5.74, 6) is 0. The molecule has 0 radical (unpaired) electrons. The van der Waals surface area contributed by atoms with E-state index < -0.39 is 0 Å². The summed E-state index contributed by atoms with van der Waals surface area (Å²) in [6.45, 7) is 0. The number of halogens is 2. The van der Waals surface area contributed by atoms with Crippen LogP contribution < -0.4 is 0 Å². The van der Waals surface area contributed by atoms with Gasteiger partial charge in [-0.1, -0.05) is 70.5 Å². The highest BCUT2D eigenvalue weighted by Gasteiger charge is 2.05. The first-order chi connectivity index (χ1) is 7.81. The number of hydrogen-bond donors (Lipinski definition) is 0. The van der Waals surface area contributed by atoms with Gasteiger partial charge in [-0.15, -0.1) is 11.6 Å². The van der Waals surface area contributed by atoms with Gasteiger partial charge >= 0.3 is 0 Å². The minimum absolute atomic E-state index is 0.0461. The fraction of sp³-hybridized carbons (Fsp3) is 0.143. The maximum absolute atomic E-state index is 6.14. The number of benzene rings is 2. The van der Waals surface area contributed by atoms with Crippen molar-refractivity contribution in [3.63, 3.8) is 0 Å². The fourth-order valence-corrected chi connectivity index (χ4v) is 2.12. The van der Waals surface area contributed by atoms with Crippen molar-refractivity contribution in [3.8, 4) is 11.1 Å². The molecule has 0 nitrogen and oxygen atoms in total. The molecule has 0 amide bonds. The molecule has 0 aliphatic carbocycles. The molecule has 0 aliphatic rings.